The van der Waals surface area contributed by atoms with Gasteiger partial charge in [-0.1, -0.05) is 18.2 Å². The number of fused-ring (bicyclic) bond motifs is 1. The molecular formula is C13H14N2O3S. The second-order valence-corrected chi connectivity index (χ2v) is 5.68. The van der Waals surface area contributed by atoms with Gasteiger partial charge in [0.25, 0.3) is 0 Å². The Morgan fingerprint density at radius 1 is 1.37 bits per heavy atom. The summed E-state index contributed by atoms with van der Waals surface area (Å²) in [6, 6.07) is 7.00. The van der Waals surface area contributed by atoms with Crippen LogP contribution in [0.2, 0.25) is 0 Å². The lowest BCUT2D eigenvalue weighted by molar-refractivity contribution is -0.148. The molecule has 100 valence electrons. The molecule has 2 N–H and O–H groups in total. The molecule has 0 spiro atoms. The van der Waals surface area contributed by atoms with Crippen LogP contribution in [0.15, 0.2) is 24.3 Å². The molecular weight excluding hydrogens is 264 g/mol. The van der Waals surface area contributed by atoms with Crippen molar-refractivity contribution in [3.05, 3.63) is 29.8 Å². The van der Waals surface area contributed by atoms with Crippen molar-refractivity contribution >= 4 is 29.3 Å². The SMILES string of the molecule is O=C(O)[C@@H]1CSCN1C(=O)C1CNc2ccccc21. The number of amides is 1. The molecule has 0 saturated carbocycles. The van der Waals surface area contributed by atoms with Gasteiger partial charge in [0.05, 0.1) is 11.8 Å². The Hall–Kier alpha value is -1.69. The fourth-order valence-electron chi connectivity index (χ4n) is 2.57. The number of carbonyl (C=O) groups excluding carboxylic acids is 1. The van der Waals surface area contributed by atoms with Gasteiger partial charge in [-0.15, -0.1) is 11.8 Å². The lowest BCUT2D eigenvalue weighted by atomic mass is 9.99. The zero-order valence-electron chi connectivity index (χ0n) is 10.2. The van der Waals surface area contributed by atoms with E-state index in [1.165, 1.54) is 16.7 Å². The van der Waals surface area contributed by atoms with Crippen molar-refractivity contribution in [2.24, 2.45) is 0 Å². The topological polar surface area (TPSA) is 69.6 Å². The van der Waals surface area contributed by atoms with Crippen LogP contribution in [-0.4, -0.2) is 46.1 Å². The van der Waals surface area contributed by atoms with E-state index in [0.717, 1.165) is 11.3 Å². The van der Waals surface area contributed by atoms with Crippen LogP contribution in [0.1, 0.15) is 11.5 Å². The first kappa shape index (κ1) is 12.3. The molecule has 5 nitrogen and oxygen atoms in total. The molecule has 6 heteroatoms. The number of rotatable bonds is 2. The smallest absolute Gasteiger partial charge is 0.327 e. The highest BCUT2D eigenvalue weighted by Crippen LogP contribution is 2.34. The molecule has 0 aliphatic carbocycles. The van der Waals surface area contributed by atoms with Crippen LogP contribution in [-0.2, 0) is 9.59 Å². The molecule has 0 radical (unpaired) electrons. The number of thioether (sulfide) groups is 1. The number of nitrogens with zero attached hydrogens (tertiary/aromatic N) is 1. The van der Waals surface area contributed by atoms with E-state index in [2.05, 4.69) is 5.32 Å². The fraction of sp³-hybridized carbons (Fsp3) is 0.385. The van der Waals surface area contributed by atoms with E-state index < -0.39 is 12.0 Å². The number of nitrogens with one attached hydrogen (secondary N) is 1. The number of carboxylic acids is 1. The first-order chi connectivity index (χ1) is 9.18. The van der Waals surface area contributed by atoms with Crippen LogP contribution in [0.4, 0.5) is 5.69 Å². The number of aliphatic carboxylic acids is 1. The van der Waals surface area contributed by atoms with Gasteiger partial charge in [0.1, 0.15) is 6.04 Å². The van der Waals surface area contributed by atoms with Crippen molar-refractivity contribution in [3.63, 3.8) is 0 Å². The standard InChI is InChI=1S/C13H14N2O3S/c16-12(15-7-19-6-11(15)13(17)18)9-5-14-10-4-2-1-3-8(9)10/h1-4,9,11,14H,5-7H2,(H,17,18)/t9?,11-/m0/s1. The number of carbonyl (C=O) groups is 2. The summed E-state index contributed by atoms with van der Waals surface area (Å²) in [6.45, 7) is 0.547. The van der Waals surface area contributed by atoms with Crippen LogP contribution in [0, 0.1) is 0 Å². The van der Waals surface area contributed by atoms with E-state index in [0.29, 0.717) is 18.2 Å². The van der Waals surface area contributed by atoms with Crippen LogP contribution in [0.3, 0.4) is 0 Å². The third-order valence-electron chi connectivity index (χ3n) is 3.58. The maximum atomic E-state index is 12.5. The monoisotopic (exact) mass is 278 g/mol. The molecule has 1 fully saturated rings. The van der Waals surface area contributed by atoms with E-state index in [9.17, 15) is 9.59 Å². The highest BCUT2D eigenvalue weighted by atomic mass is 32.2. The second-order valence-electron chi connectivity index (χ2n) is 4.68. The van der Waals surface area contributed by atoms with Gasteiger partial charge in [-0.3, -0.25) is 4.79 Å². The fourth-order valence-corrected chi connectivity index (χ4v) is 3.72. The van der Waals surface area contributed by atoms with Crippen molar-refractivity contribution in [1.29, 1.82) is 0 Å². The molecule has 3 rings (SSSR count). The lowest BCUT2D eigenvalue weighted by Crippen LogP contribution is -2.44. The average molecular weight is 278 g/mol. The molecule has 2 atom stereocenters. The van der Waals surface area contributed by atoms with Crippen LogP contribution < -0.4 is 5.32 Å². The highest BCUT2D eigenvalue weighted by Gasteiger charge is 2.39. The molecule has 1 saturated heterocycles. The lowest BCUT2D eigenvalue weighted by Gasteiger charge is -2.23. The minimum atomic E-state index is -0.919. The minimum Gasteiger partial charge on any atom is -0.480 e. The van der Waals surface area contributed by atoms with Crippen molar-refractivity contribution in [2.45, 2.75) is 12.0 Å². The Labute approximate surface area is 115 Å². The predicted octanol–water partition coefficient (Wildman–Crippen LogP) is 1.18. The molecule has 1 aromatic carbocycles. The third kappa shape index (κ3) is 2.06. The molecule has 0 bridgehead atoms. The zero-order chi connectivity index (χ0) is 13.4. The Morgan fingerprint density at radius 2 is 2.16 bits per heavy atom. The average Bonchev–Trinajstić information content (AvgIpc) is 3.05. The summed E-state index contributed by atoms with van der Waals surface area (Å²) in [5, 5.41) is 12.3. The quantitative estimate of drug-likeness (QED) is 0.850. The van der Waals surface area contributed by atoms with E-state index in [1.807, 2.05) is 24.3 Å². The van der Waals surface area contributed by atoms with Gasteiger partial charge >= 0.3 is 5.97 Å². The molecule has 2 heterocycles. The highest BCUT2D eigenvalue weighted by molar-refractivity contribution is 7.99. The largest absolute Gasteiger partial charge is 0.480 e. The van der Waals surface area contributed by atoms with Crippen molar-refractivity contribution in [2.75, 3.05) is 23.5 Å². The van der Waals surface area contributed by atoms with Gasteiger partial charge in [0.2, 0.25) is 5.91 Å². The number of hydrogen-bond acceptors (Lipinski definition) is 4. The summed E-state index contributed by atoms with van der Waals surface area (Å²) in [5.74, 6) is -0.332. The van der Waals surface area contributed by atoms with Gasteiger partial charge in [-0.25, -0.2) is 4.79 Å². The minimum absolute atomic E-state index is 0.0881. The molecule has 0 aromatic heterocycles. The normalized spacial score (nSPS) is 24.9. The Morgan fingerprint density at radius 3 is 2.95 bits per heavy atom. The van der Waals surface area contributed by atoms with Crippen LogP contribution in [0.5, 0.6) is 0 Å². The summed E-state index contributed by atoms with van der Waals surface area (Å²) in [6.07, 6.45) is 0. The Balaban J connectivity index is 1.84. The first-order valence-corrected chi connectivity index (χ1v) is 7.28. The zero-order valence-corrected chi connectivity index (χ0v) is 11.0. The molecule has 2 aliphatic rings. The Bertz CT molecular complexity index is 534. The molecule has 1 amide bonds. The van der Waals surface area contributed by atoms with E-state index in [4.69, 9.17) is 5.11 Å². The summed E-state index contributed by atoms with van der Waals surface area (Å²) >= 11 is 1.49. The van der Waals surface area contributed by atoms with Gasteiger partial charge in [0, 0.05) is 18.0 Å². The number of carboxylic acid groups (broad SMARTS) is 1. The Kier molecular flexibility index (Phi) is 3.10. The van der Waals surface area contributed by atoms with Crippen molar-refractivity contribution < 1.29 is 14.7 Å². The van der Waals surface area contributed by atoms with E-state index >= 15 is 0 Å². The molecule has 19 heavy (non-hydrogen) atoms. The summed E-state index contributed by atoms with van der Waals surface area (Å²) in [5.41, 5.74) is 1.94. The van der Waals surface area contributed by atoms with Gasteiger partial charge in [-0.2, -0.15) is 0 Å². The summed E-state index contributed by atoms with van der Waals surface area (Å²) in [4.78, 5) is 25.2. The number of benzene rings is 1. The first-order valence-electron chi connectivity index (χ1n) is 6.12. The number of anilines is 1. The molecule has 1 aromatic rings. The summed E-state index contributed by atoms with van der Waals surface area (Å²) < 4.78 is 0. The van der Waals surface area contributed by atoms with E-state index in [1.54, 1.807) is 0 Å². The van der Waals surface area contributed by atoms with Crippen molar-refractivity contribution in [1.82, 2.24) is 4.90 Å². The van der Waals surface area contributed by atoms with Gasteiger partial charge in [-0.05, 0) is 11.6 Å². The second kappa shape index (κ2) is 4.77. The third-order valence-corrected chi connectivity index (χ3v) is 4.59. The van der Waals surface area contributed by atoms with Crippen molar-refractivity contribution in [3.8, 4) is 0 Å². The van der Waals surface area contributed by atoms with Gasteiger partial charge in [0.15, 0.2) is 0 Å². The van der Waals surface area contributed by atoms with Crippen LogP contribution in [0.25, 0.3) is 0 Å². The maximum absolute atomic E-state index is 12.5. The van der Waals surface area contributed by atoms with Crippen LogP contribution >= 0.6 is 11.8 Å². The number of para-hydroxylation sites is 1. The molecule has 2 aliphatic heterocycles. The number of hydrogen-bond donors (Lipinski definition) is 2. The van der Waals surface area contributed by atoms with Gasteiger partial charge < -0.3 is 15.3 Å². The predicted molar refractivity (Wildman–Crippen MR) is 73.3 cm³/mol. The van der Waals surface area contributed by atoms with E-state index in [-0.39, 0.29) is 11.8 Å². The summed E-state index contributed by atoms with van der Waals surface area (Å²) in [7, 11) is 0. The molecule has 1 unspecified atom stereocenters. The maximum Gasteiger partial charge on any atom is 0.327 e.